The number of aryl methyl sites for hydroxylation is 1. The molecule has 11 heteroatoms. The minimum absolute atomic E-state index is 0.0592. The highest BCUT2D eigenvalue weighted by Gasteiger charge is 2.31. The van der Waals surface area contributed by atoms with Crippen LogP contribution in [0.25, 0.3) is 32.9 Å². The van der Waals surface area contributed by atoms with Crippen LogP contribution < -0.4 is 19.7 Å². The molecule has 0 saturated carbocycles. The number of nitrogens with one attached hydrogen (secondary N) is 2. The highest BCUT2D eigenvalue weighted by Crippen LogP contribution is 2.48. The molecule has 0 unspecified atom stereocenters. The molecule has 7 rings (SSSR count). The van der Waals surface area contributed by atoms with Crippen molar-refractivity contribution in [1.29, 1.82) is 5.26 Å². The summed E-state index contributed by atoms with van der Waals surface area (Å²) in [6, 6.07) is 7.21. The van der Waals surface area contributed by atoms with E-state index >= 15 is 0 Å². The number of benzene rings is 2. The summed E-state index contributed by atoms with van der Waals surface area (Å²) in [5, 5.41) is 22.8. The van der Waals surface area contributed by atoms with E-state index in [2.05, 4.69) is 44.5 Å². The Morgan fingerprint density at radius 3 is 3.00 bits per heavy atom. The first kappa shape index (κ1) is 26.3. The van der Waals surface area contributed by atoms with Crippen molar-refractivity contribution in [3.63, 3.8) is 0 Å². The van der Waals surface area contributed by atoms with Crippen LogP contribution in [0.3, 0.4) is 0 Å². The molecular formula is C30H33ClN8O2. The highest BCUT2D eigenvalue weighted by atomic mass is 35.5. The maximum absolute atomic E-state index is 9.36. The lowest BCUT2D eigenvalue weighted by molar-refractivity contribution is 0.188. The Kier molecular flexibility index (Phi) is 6.81. The largest absolute Gasteiger partial charge is 0.492 e. The fraction of sp³-hybridized carbons (Fsp3) is 0.467. The highest BCUT2D eigenvalue weighted by molar-refractivity contribution is 6.36. The maximum atomic E-state index is 9.36. The van der Waals surface area contributed by atoms with Crippen LogP contribution in [0.1, 0.15) is 30.4 Å². The molecule has 2 aromatic carbocycles. The first-order chi connectivity index (χ1) is 20.0. The van der Waals surface area contributed by atoms with E-state index in [-0.39, 0.29) is 6.04 Å². The average Bonchev–Trinajstić information content (AvgIpc) is 3.73. The third-order valence-electron chi connectivity index (χ3n) is 8.71. The second kappa shape index (κ2) is 10.6. The lowest BCUT2D eigenvalue weighted by Crippen LogP contribution is -2.51. The van der Waals surface area contributed by atoms with E-state index in [1.807, 2.05) is 19.2 Å². The topological polar surface area (TPSA) is 115 Å². The molecule has 0 radical (unpaired) electrons. The molecular weight excluding hydrogens is 540 g/mol. The van der Waals surface area contributed by atoms with E-state index in [4.69, 9.17) is 31.0 Å². The summed E-state index contributed by atoms with van der Waals surface area (Å²) in [4.78, 5) is 14.5. The van der Waals surface area contributed by atoms with Gasteiger partial charge in [-0.1, -0.05) is 11.6 Å². The maximum Gasteiger partial charge on any atom is 0.319 e. The number of anilines is 1. The molecule has 3 aliphatic rings. The first-order valence-corrected chi connectivity index (χ1v) is 14.7. The number of nitriles is 1. The fourth-order valence-corrected chi connectivity index (χ4v) is 6.79. The van der Waals surface area contributed by atoms with Crippen LogP contribution in [0.4, 0.5) is 5.82 Å². The van der Waals surface area contributed by atoms with E-state index in [9.17, 15) is 5.26 Å². The zero-order chi connectivity index (χ0) is 28.1. The molecule has 0 aliphatic carbocycles. The summed E-state index contributed by atoms with van der Waals surface area (Å²) in [5.74, 6) is 1.60. The molecule has 2 fully saturated rings. The lowest BCUT2D eigenvalue weighted by Gasteiger charge is -2.34. The molecule has 0 bridgehead atoms. The minimum Gasteiger partial charge on any atom is -0.492 e. The van der Waals surface area contributed by atoms with E-state index in [0.717, 1.165) is 88.1 Å². The van der Waals surface area contributed by atoms with Gasteiger partial charge in [-0.05, 0) is 56.6 Å². The predicted octanol–water partition coefficient (Wildman–Crippen LogP) is 4.23. The molecule has 0 amide bonds. The van der Waals surface area contributed by atoms with Crippen molar-refractivity contribution in [2.45, 2.75) is 44.7 Å². The van der Waals surface area contributed by atoms with Gasteiger partial charge in [-0.15, -0.1) is 0 Å². The summed E-state index contributed by atoms with van der Waals surface area (Å²) >= 11 is 7.00. The molecule has 10 nitrogen and oxygen atoms in total. The van der Waals surface area contributed by atoms with Gasteiger partial charge in [0.15, 0.2) is 0 Å². The van der Waals surface area contributed by atoms with Gasteiger partial charge in [-0.2, -0.15) is 20.3 Å². The van der Waals surface area contributed by atoms with Gasteiger partial charge in [0.1, 0.15) is 18.2 Å². The third kappa shape index (κ3) is 4.62. The average molecular weight is 573 g/mol. The van der Waals surface area contributed by atoms with Crippen molar-refractivity contribution in [3.05, 3.63) is 34.5 Å². The summed E-state index contributed by atoms with van der Waals surface area (Å²) in [7, 11) is 2.14. The lowest BCUT2D eigenvalue weighted by atomic mass is 9.92. The van der Waals surface area contributed by atoms with Crippen molar-refractivity contribution in [1.82, 2.24) is 30.4 Å². The Morgan fingerprint density at radius 2 is 2.17 bits per heavy atom. The van der Waals surface area contributed by atoms with Gasteiger partial charge in [0.2, 0.25) is 0 Å². The van der Waals surface area contributed by atoms with Crippen molar-refractivity contribution < 1.29 is 9.47 Å². The number of H-pyrrole nitrogens is 1. The van der Waals surface area contributed by atoms with Gasteiger partial charge in [0.25, 0.3) is 0 Å². The second-order valence-electron chi connectivity index (χ2n) is 11.3. The number of likely N-dealkylation sites (tertiary alicyclic amines) is 1. The number of likely N-dealkylation sites (N-methyl/N-ethyl adjacent to an activating group) is 1. The van der Waals surface area contributed by atoms with Gasteiger partial charge in [-0.25, -0.2) is 0 Å². The zero-order valence-corrected chi connectivity index (χ0v) is 24.1. The Balaban J connectivity index is 1.41. The van der Waals surface area contributed by atoms with Gasteiger partial charge in [-0.3, -0.25) is 5.10 Å². The van der Waals surface area contributed by atoms with Crippen molar-refractivity contribution in [2.75, 3.05) is 51.3 Å². The predicted molar refractivity (Wildman–Crippen MR) is 159 cm³/mol. The fourth-order valence-electron chi connectivity index (χ4n) is 6.53. The molecule has 4 aromatic rings. The quantitative estimate of drug-likeness (QED) is 0.350. The Morgan fingerprint density at radius 1 is 1.27 bits per heavy atom. The third-order valence-corrected chi connectivity index (χ3v) is 9.19. The molecule has 212 valence electrons. The van der Waals surface area contributed by atoms with Crippen LogP contribution in [-0.2, 0) is 6.42 Å². The van der Waals surface area contributed by atoms with Gasteiger partial charge >= 0.3 is 6.01 Å². The van der Waals surface area contributed by atoms with Crippen LogP contribution in [0.5, 0.6) is 11.8 Å². The molecule has 0 spiro atoms. The summed E-state index contributed by atoms with van der Waals surface area (Å²) < 4.78 is 12.6. The van der Waals surface area contributed by atoms with Crippen molar-refractivity contribution in [2.24, 2.45) is 0 Å². The number of rotatable bonds is 6. The van der Waals surface area contributed by atoms with Crippen LogP contribution in [0.15, 0.2) is 18.3 Å². The number of piperazine rings is 1. The standard InChI is InChI=1S/C30H33ClN8O2/c1-17-12-23-22(14-34-37-23)25(27(17)31)21-13-24-26(28-20(21)6-11-40-28)29(39-10-8-33-18(15-39)5-7-32)36-30(35-24)41-16-19-4-3-9-38(19)2/h12-14,18-19,33H,3-6,8-11,15-16H2,1-2H3,(H,34,37)/t18-,19-/m0/s1. The number of hydrogen-bond donors (Lipinski definition) is 2. The van der Waals surface area contributed by atoms with Crippen LogP contribution >= 0.6 is 11.6 Å². The number of halogens is 1. The Bertz CT molecular complexity index is 1680. The van der Waals surface area contributed by atoms with E-state index < -0.39 is 0 Å². The summed E-state index contributed by atoms with van der Waals surface area (Å²) in [6.45, 7) is 6.38. The molecule has 2 aromatic heterocycles. The number of fused-ring (bicyclic) bond motifs is 4. The molecule has 2 atom stereocenters. The van der Waals surface area contributed by atoms with Gasteiger partial charge in [0, 0.05) is 54.7 Å². The number of ether oxygens (including phenoxy) is 2. The van der Waals surface area contributed by atoms with E-state index in [1.165, 1.54) is 6.42 Å². The van der Waals surface area contributed by atoms with E-state index in [0.29, 0.717) is 43.3 Å². The van der Waals surface area contributed by atoms with Crippen molar-refractivity contribution >= 4 is 39.2 Å². The molecule has 3 aliphatic heterocycles. The molecule has 2 saturated heterocycles. The Hall–Kier alpha value is -3.65. The number of aromatic nitrogens is 4. The summed E-state index contributed by atoms with van der Waals surface area (Å²) in [6.07, 6.45) is 5.29. The SMILES string of the molecule is Cc1cc2[nH]ncc2c(-c2cc3nc(OC[C@@H]4CCCN4C)nc(N4CCN[C@@H](CC#N)C4)c3c3c2CCO3)c1Cl. The zero-order valence-electron chi connectivity index (χ0n) is 23.3. The monoisotopic (exact) mass is 572 g/mol. The summed E-state index contributed by atoms with van der Waals surface area (Å²) in [5.41, 5.74) is 5.70. The molecule has 5 heterocycles. The Labute approximate surface area is 243 Å². The number of aromatic amines is 1. The van der Waals surface area contributed by atoms with Crippen molar-refractivity contribution in [3.8, 4) is 29.0 Å². The van der Waals surface area contributed by atoms with Gasteiger partial charge in [0.05, 0.1) is 46.7 Å². The minimum atomic E-state index is 0.0592. The second-order valence-corrected chi connectivity index (χ2v) is 11.7. The molecule has 2 N–H and O–H groups in total. The van der Waals surface area contributed by atoms with Crippen LogP contribution in [0.2, 0.25) is 5.02 Å². The first-order valence-electron chi connectivity index (χ1n) is 14.3. The number of nitrogens with zero attached hydrogens (tertiary/aromatic N) is 6. The van der Waals surface area contributed by atoms with Crippen LogP contribution in [-0.4, -0.2) is 83.6 Å². The number of hydrogen-bond acceptors (Lipinski definition) is 9. The van der Waals surface area contributed by atoms with Gasteiger partial charge < -0.3 is 24.6 Å². The van der Waals surface area contributed by atoms with Crippen LogP contribution in [0, 0.1) is 18.3 Å². The normalized spacial score (nSPS) is 20.9. The molecule has 41 heavy (non-hydrogen) atoms. The smallest absolute Gasteiger partial charge is 0.319 e. The van der Waals surface area contributed by atoms with E-state index in [1.54, 1.807) is 0 Å².